The summed E-state index contributed by atoms with van der Waals surface area (Å²) in [6.45, 7) is 1.92. The summed E-state index contributed by atoms with van der Waals surface area (Å²) in [6, 6.07) is 3.35. The van der Waals surface area contributed by atoms with Gasteiger partial charge in [-0.25, -0.2) is 4.98 Å². The highest BCUT2D eigenvalue weighted by Gasteiger charge is 2.23. The molecule has 0 unspecified atom stereocenters. The van der Waals surface area contributed by atoms with E-state index in [1.165, 1.54) is 0 Å². The van der Waals surface area contributed by atoms with E-state index in [-0.39, 0.29) is 5.91 Å². The second kappa shape index (κ2) is 4.69. The SMILES string of the molecule is NNc1ccnc(C(=O)N2CCn3ccnc3C2)c1. The van der Waals surface area contributed by atoms with Crippen LogP contribution < -0.4 is 11.3 Å². The van der Waals surface area contributed by atoms with Crippen molar-refractivity contribution in [2.24, 2.45) is 5.84 Å². The molecule has 3 N–H and O–H groups in total. The van der Waals surface area contributed by atoms with E-state index in [9.17, 15) is 4.79 Å². The molecule has 3 rings (SSSR count). The number of nitrogens with one attached hydrogen (secondary N) is 1. The number of carbonyl (C=O) groups is 1. The number of hydrazine groups is 1. The van der Waals surface area contributed by atoms with Crippen molar-refractivity contribution >= 4 is 11.6 Å². The van der Waals surface area contributed by atoms with Crippen molar-refractivity contribution in [1.82, 2.24) is 19.4 Å². The fraction of sp³-hybridized carbons (Fsp3) is 0.250. The first-order valence-electron chi connectivity index (χ1n) is 6.00. The fourth-order valence-electron chi connectivity index (χ4n) is 2.15. The van der Waals surface area contributed by atoms with E-state index < -0.39 is 0 Å². The third-order valence-electron chi connectivity index (χ3n) is 3.18. The number of pyridine rings is 1. The first kappa shape index (κ1) is 11.7. The standard InChI is InChI=1S/C12H14N6O/c13-16-9-1-2-14-10(7-9)12(19)18-6-5-17-4-3-15-11(17)8-18/h1-4,7H,5-6,8,13H2,(H,14,16). The average molecular weight is 258 g/mol. The van der Waals surface area contributed by atoms with Crippen LogP contribution >= 0.6 is 0 Å². The van der Waals surface area contributed by atoms with Gasteiger partial charge in [0.1, 0.15) is 11.5 Å². The lowest BCUT2D eigenvalue weighted by Crippen LogP contribution is -2.38. The van der Waals surface area contributed by atoms with E-state index in [2.05, 4.69) is 20.0 Å². The van der Waals surface area contributed by atoms with Crippen LogP contribution in [0.3, 0.4) is 0 Å². The number of nitrogens with two attached hydrogens (primary N) is 1. The Bertz CT molecular complexity index is 608. The molecule has 0 atom stereocenters. The Hall–Kier alpha value is -2.41. The number of nitrogens with zero attached hydrogens (tertiary/aromatic N) is 4. The molecule has 0 saturated carbocycles. The summed E-state index contributed by atoms with van der Waals surface area (Å²) in [5, 5.41) is 0. The zero-order valence-corrected chi connectivity index (χ0v) is 10.3. The largest absolute Gasteiger partial charge is 0.332 e. The van der Waals surface area contributed by atoms with Gasteiger partial charge in [0.2, 0.25) is 0 Å². The number of carbonyl (C=O) groups excluding carboxylic acids is 1. The molecular formula is C12H14N6O. The first-order chi connectivity index (χ1) is 9.28. The molecule has 0 aromatic carbocycles. The van der Waals surface area contributed by atoms with Gasteiger partial charge in [-0.2, -0.15) is 0 Å². The number of rotatable bonds is 2. The summed E-state index contributed by atoms with van der Waals surface area (Å²) >= 11 is 0. The minimum atomic E-state index is -0.105. The predicted octanol–water partition coefficient (Wildman–Crippen LogP) is 0.220. The lowest BCUT2D eigenvalue weighted by atomic mass is 10.2. The Labute approximate surface area is 110 Å². The molecule has 0 spiro atoms. The number of hydrogen-bond acceptors (Lipinski definition) is 5. The number of anilines is 1. The molecule has 98 valence electrons. The number of nitrogen functional groups attached to an aromatic ring is 1. The lowest BCUT2D eigenvalue weighted by Gasteiger charge is -2.27. The zero-order chi connectivity index (χ0) is 13.2. The Kier molecular flexibility index (Phi) is 2.88. The van der Waals surface area contributed by atoms with Crippen LogP contribution in [0.25, 0.3) is 0 Å². The van der Waals surface area contributed by atoms with Gasteiger partial charge in [-0.3, -0.25) is 15.6 Å². The number of amides is 1. The number of aromatic nitrogens is 3. The summed E-state index contributed by atoms with van der Waals surface area (Å²) in [7, 11) is 0. The van der Waals surface area contributed by atoms with Crippen molar-refractivity contribution in [2.45, 2.75) is 13.1 Å². The molecule has 3 heterocycles. The van der Waals surface area contributed by atoms with Gasteiger partial charge in [0, 0.05) is 31.7 Å². The van der Waals surface area contributed by atoms with Crippen LogP contribution in [0.5, 0.6) is 0 Å². The van der Waals surface area contributed by atoms with Crippen molar-refractivity contribution in [3.63, 3.8) is 0 Å². The minimum Gasteiger partial charge on any atom is -0.332 e. The van der Waals surface area contributed by atoms with E-state index in [4.69, 9.17) is 5.84 Å². The topological polar surface area (TPSA) is 89.1 Å². The Morgan fingerprint density at radius 3 is 3.05 bits per heavy atom. The second-order valence-corrected chi connectivity index (χ2v) is 4.34. The van der Waals surface area contributed by atoms with Crippen LogP contribution in [0, 0.1) is 0 Å². The summed E-state index contributed by atoms with van der Waals surface area (Å²) in [5.41, 5.74) is 3.56. The van der Waals surface area contributed by atoms with E-state index in [0.29, 0.717) is 24.5 Å². The number of imidazole rings is 1. The summed E-state index contributed by atoms with van der Waals surface area (Å²) in [6.07, 6.45) is 5.24. The third-order valence-corrected chi connectivity index (χ3v) is 3.18. The van der Waals surface area contributed by atoms with Gasteiger partial charge >= 0.3 is 0 Å². The van der Waals surface area contributed by atoms with Crippen LogP contribution in [0.2, 0.25) is 0 Å². The third kappa shape index (κ3) is 2.15. The maximum atomic E-state index is 12.4. The van der Waals surface area contributed by atoms with Gasteiger partial charge in [-0.05, 0) is 12.1 Å². The van der Waals surface area contributed by atoms with E-state index in [1.54, 1.807) is 29.4 Å². The second-order valence-electron chi connectivity index (χ2n) is 4.34. The average Bonchev–Trinajstić information content (AvgIpc) is 2.94. The maximum absolute atomic E-state index is 12.4. The van der Waals surface area contributed by atoms with Gasteiger partial charge in [0.25, 0.3) is 5.91 Å². The molecule has 0 radical (unpaired) electrons. The quantitative estimate of drug-likeness (QED) is 0.594. The number of hydrogen-bond donors (Lipinski definition) is 2. The minimum absolute atomic E-state index is 0.105. The maximum Gasteiger partial charge on any atom is 0.272 e. The molecule has 2 aromatic heterocycles. The van der Waals surface area contributed by atoms with Crippen LogP contribution in [-0.2, 0) is 13.1 Å². The van der Waals surface area contributed by atoms with Gasteiger partial charge < -0.3 is 14.9 Å². The van der Waals surface area contributed by atoms with Gasteiger partial charge in [-0.1, -0.05) is 0 Å². The fourth-order valence-corrected chi connectivity index (χ4v) is 2.15. The van der Waals surface area contributed by atoms with Crippen LogP contribution in [0.4, 0.5) is 5.69 Å². The Morgan fingerprint density at radius 2 is 2.21 bits per heavy atom. The Balaban J connectivity index is 1.81. The highest BCUT2D eigenvalue weighted by Crippen LogP contribution is 2.14. The highest BCUT2D eigenvalue weighted by atomic mass is 16.2. The van der Waals surface area contributed by atoms with E-state index in [1.807, 2.05) is 6.20 Å². The molecule has 0 fully saturated rings. The molecule has 1 aliphatic rings. The first-order valence-corrected chi connectivity index (χ1v) is 6.00. The monoisotopic (exact) mass is 258 g/mol. The van der Waals surface area contributed by atoms with Gasteiger partial charge in [0.05, 0.1) is 12.2 Å². The predicted molar refractivity (Wildman–Crippen MR) is 69.0 cm³/mol. The smallest absolute Gasteiger partial charge is 0.272 e. The zero-order valence-electron chi connectivity index (χ0n) is 10.3. The Morgan fingerprint density at radius 1 is 1.32 bits per heavy atom. The van der Waals surface area contributed by atoms with Crippen LogP contribution in [-0.4, -0.2) is 31.9 Å². The van der Waals surface area contributed by atoms with E-state index >= 15 is 0 Å². The molecule has 0 saturated heterocycles. The van der Waals surface area contributed by atoms with Gasteiger partial charge in [-0.15, -0.1) is 0 Å². The lowest BCUT2D eigenvalue weighted by molar-refractivity contribution is 0.0701. The molecular weight excluding hydrogens is 244 g/mol. The van der Waals surface area contributed by atoms with Crippen LogP contribution in [0.1, 0.15) is 16.3 Å². The van der Waals surface area contributed by atoms with Gasteiger partial charge in [0.15, 0.2) is 0 Å². The molecule has 7 heteroatoms. The van der Waals surface area contributed by atoms with Crippen molar-refractivity contribution in [2.75, 3.05) is 12.0 Å². The van der Waals surface area contributed by atoms with Crippen molar-refractivity contribution in [3.05, 3.63) is 42.2 Å². The van der Waals surface area contributed by atoms with Crippen LogP contribution in [0.15, 0.2) is 30.7 Å². The van der Waals surface area contributed by atoms with Crippen molar-refractivity contribution in [3.8, 4) is 0 Å². The summed E-state index contributed by atoms with van der Waals surface area (Å²) in [5.74, 6) is 6.12. The number of fused-ring (bicyclic) bond motifs is 1. The molecule has 1 amide bonds. The molecule has 19 heavy (non-hydrogen) atoms. The van der Waals surface area contributed by atoms with E-state index in [0.717, 1.165) is 12.4 Å². The molecule has 0 aliphatic carbocycles. The molecule has 7 nitrogen and oxygen atoms in total. The molecule has 2 aromatic rings. The molecule has 0 bridgehead atoms. The highest BCUT2D eigenvalue weighted by molar-refractivity contribution is 5.93. The van der Waals surface area contributed by atoms with Crippen molar-refractivity contribution in [1.29, 1.82) is 0 Å². The van der Waals surface area contributed by atoms with Crippen molar-refractivity contribution < 1.29 is 4.79 Å². The molecule has 1 aliphatic heterocycles. The summed E-state index contributed by atoms with van der Waals surface area (Å²) in [4.78, 5) is 22.4. The summed E-state index contributed by atoms with van der Waals surface area (Å²) < 4.78 is 2.05. The normalized spacial score (nSPS) is 14.1.